The van der Waals surface area contributed by atoms with Gasteiger partial charge in [-0.25, -0.2) is 0 Å². The van der Waals surface area contributed by atoms with Crippen molar-refractivity contribution in [3.63, 3.8) is 0 Å². The summed E-state index contributed by atoms with van der Waals surface area (Å²) < 4.78 is 5.48. The van der Waals surface area contributed by atoms with E-state index in [-0.39, 0.29) is 6.10 Å². The second kappa shape index (κ2) is 2.35. The molecular weight excluding hydrogens is 128 g/mol. The second-order valence-electron chi connectivity index (χ2n) is 3.18. The maximum atomic E-state index is 10.8. The summed E-state index contributed by atoms with van der Waals surface area (Å²) in [4.78, 5) is 10.8. The summed E-state index contributed by atoms with van der Waals surface area (Å²) in [5.74, 6) is 0.312. The van der Waals surface area contributed by atoms with Gasteiger partial charge < -0.3 is 4.74 Å². The van der Waals surface area contributed by atoms with Crippen LogP contribution in [0.4, 0.5) is 0 Å². The maximum absolute atomic E-state index is 10.8. The van der Waals surface area contributed by atoms with E-state index in [0.29, 0.717) is 11.9 Å². The van der Waals surface area contributed by atoms with Crippen LogP contribution in [0.1, 0.15) is 32.1 Å². The Morgan fingerprint density at radius 1 is 1.30 bits per heavy atom. The number of carbonyl (C=O) groups excluding carboxylic acids is 1. The topological polar surface area (TPSA) is 26.3 Å². The van der Waals surface area contributed by atoms with Crippen molar-refractivity contribution in [1.29, 1.82) is 0 Å². The molecule has 0 radical (unpaired) electrons. The van der Waals surface area contributed by atoms with E-state index in [1.807, 2.05) is 0 Å². The standard InChI is InChI=1S/C8H12O2/c9-7-4-5-8(7)10-6-2-1-3-6/h6,8H,1-5H2. The largest absolute Gasteiger partial charge is 0.367 e. The molecule has 0 bridgehead atoms. The lowest BCUT2D eigenvalue weighted by Gasteiger charge is -2.33. The fourth-order valence-electron chi connectivity index (χ4n) is 1.26. The predicted octanol–water partition coefficient (Wildman–Crippen LogP) is 1.29. The smallest absolute Gasteiger partial charge is 0.161 e. The molecule has 0 amide bonds. The van der Waals surface area contributed by atoms with E-state index >= 15 is 0 Å². The molecule has 2 aliphatic carbocycles. The molecule has 2 nitrogen and oxygen atoms in total. The van der Waals surface area contributed by atoms with Crippen molar-refractivity contribution in [2.75, 3.05) is 0 Å². The number of ether oxygens (including phenoxy) is 1. The van der Waals surface area contributed by atoms with Crippen molar-refractivity contribution in [1.82, 2.24) is 0 Å². The van der Waals surface area contributed by atoms with Crippen LogP contribution in [-0.4, -0.2) is 18.0 Å². The van der Waals surface area contributed by atoms with E-state index in [9.17, 15) is 4.79 Å². The van der Waals surface area contributed by atoms with Crippen molar-refractivity contribution in [3.8, 4) is 0 Å². The van der Waals surface area contributed by atoms with E-state index in [0.717, 1.165) is 12.8 Å². The molecule has 0 aliphatic heterocycles. The van der Waals surface area contributed by atoms with Crippen molar-refractivity contribution in [2.24, 2.45) is 0 Å². The minimum Gasteiger partial charge on any atom is -0.367 e. The van der Waals surface area contributed by atoms with Gasteiger partial charge in [-0.15, -0.1) is 0 Å². The monoisotopic (exact) mass is 140 g/mol. The van der Waals surface area contributed by atoms with Gasteiger partial charge in [0.2, 0.25) is 0 Å². The highest BCUT2D eigenvalue weighted by Crippen LogP contribution is 2.28. The summed E-state index contributed by atoms with van der Waals surface area (Å²) in [6.07, 6.45) is 5.76. The summed E-state index contributed by atoms with van der Waals surface area (Å²) in [5.41, 5.74) is 0. The quantitative estimate of drug-likeness (QED) is 0.577. The molecule has 2 heteroatoms. The van der Waals surface area contributed by atoms with E-state index in [4.69, 9.17) is 4.74 Å². The molecule has 1 atom stereocenters. The molecule has 0 saturated heterocycles. The third-order valence-corrected chi connectivity index (χ3v) is 2.42. The van der Waals surface area contributed by atoms with Gasteiger partial charge in [0.15, 0.2) is 5.78 Å². The Morgan fingerprint density at radius 3 is 2.40 bits per heavy atom. The average molecular weight is 140 g/mol. The number of Topliss-reactive ketones (excluding diaryl/α,β-unsaturated/α-hetero) is 1. The van der Waals surface area contributed by atoms with Gasteiger partial charge in [-0.2, -0.15) is 0 Å². The first-order valence-corrected chi connectivity index (χ1v) is 4.04. The Balaban J connectivity index is 1.74. The summed E-state index contributed by atoms with van der Waals surface area (Å²) in [7, 11) is 0. The SMILES string of the molecule is O=C1CCC1OC1CCC1. The zero-order valence-corrected chi connectivity index (χ0v) is 6.01. The molecule has 2 aliphatic rings. The third-order valence-electron chi connectivity index (χ3n) is 2.42. The molecule has 0 aromatic heterocycles. The first kappa shape index (κ1) is 6.35. The number of hydrogen-bond donors (Lipinski definition) is 0. The molecule has 2 rings (SSSR count). The Hall–Kier alpha value is -0.370. The maximum Gasteiger partial charge on any atom is 0.161 e. The Kier molecular flexibility index (Phi) is 1.49. The van der Waals surface area contributed by atoms with Gasteiger partial charge in [0.05, 0.1) is 6.10 Å². The Labute approximate surface area is 60.6 Å². The lowest BCUT2D eigenvalue weighted by Crippen LogP contribution is -2.39. The van der Waals surface area contributed by atoms with Crippen molar-refractivity contribution in [3.05, 3.63) is 0 Å². The molecule has 0 aromatic carbocycles. The molecule has 0 heterocycles. The molecule has 0 spiro atoms. The zero-order valence-electron chi connectivity index (χ0n) is 6.01. The lowest BCUT2D eigenvalue weighted by molar-refractivity contribution is -0.149. The van der Waals surface area contributed by atoms with E-state index in [2.05, 4.69) is 0 Å². The van der Waals surface area contributed by atoms with E-state index < -0.39 is 0 Å². The minimum absolute atomic E-state index is 0.00898. The van der Waals surface area contributed by atoms with E-state index in [1.54, 1.807) is 0 Å². The number of ketones is 1. The van der Waals surface area contributed by atoms with Crippen LogP contribution in [0, 0.1) is 0 Å². The van der Waals surface area contributed by atoms with Crippen LogP contribution in [0.3, 0.4) is 0 Å². The van der Waals surface area contributed by atoms with Crippen molar-refractivity contribution in [2.45, 2.75) is 44.3 Å². The average Bonchev–Trinajstić information content (AvgIpc) is 1.82. The number of rotatable bonds is 2. The van der Waals surface area contributed by atoms with Crippen LogP contribution < -0.4 is 0 Å². The van der Waals surface area contributed by atoms with Crippen LogP contribution in [-0.2, 0) is 9.53 Å². The Bertz CT molecular complexity index is 149. The van der Waals surface area contributed by atoms with Crippen molar-refractivity contribution >= 4 is 5.78 Å². The zero-order chi connectivity index (χ0) is 6.97. The van der Waals surface area contributed by atoms with Gasteiger partial charge in [0, 0.05) is 6.42 Å². The predicted molar refractivity (Wildman–Crippen MR) is 36.8 cm³/mol. The number of carbonyl (C=O) groups is 1. The summed E-state index contributed by atoms with van der Waals surface area (Å²) in [6.45, 7) is 0. The number of hydrogen-bond acceptors (Lipinski definition) is 2. The van der Waals surface area contributed by atoms with Gasteiger partial charge >= 0.3 is 0 Å². The van der Waals surface area contributed by atoms with Gasteiger partial charge in [-0.1, -0.05) is 0 Å². The fraction of sp³-hybridized carbons (Fsp3) is 0.875. The van der Waals surface area contributed by atoms with Crippen LogP contribution in [0.5, 0.6) is 0 Å². The highest BCUT2D eigenvalue weighted by atomic mass is 16.5. The minimum atomic E-state index is -0.00898. The molecule has 1 unspecified atom stereocenters. The summed E-state index contributed by atoms with van der Waals surface area (Å²) in [5, 5.41) is 0. The first-order chi connectivity index (χ1) is 4.86. The van der Waals surface area contributed by atoms with E-state index in [1.165, 1.54) is 19.3 Å². The van der Waals surface area contributed by atoms with Gasteiger partial charge in [0.1, 0.15) is 6.10 Å². The molecule has 0 aromatic rings. The molecule has 56 valence electrons. The molecule has 10 heavy (non-hydrogen) atoms. The second-order valence-corrected chi connectivity index (χ2v) is 3.18. The van der Waals surface area contributed by atoms with Gasteiger partial charge in [0.25, 0.3) is 0 Å². The van der Waals surface area contributed by atoms with Crippen LogP contribution in [0.2, 0.25) is 0 Å². The first-order valence-electron chi connectivity index (χ1n) is 4.04. The van der Waals surface area contributed by atoms with Gasteiger partial charge in [-0.3, -0.25) is 4.79 Å². The van der Waals surface area contributed by atoms with Crippen LogP contribution >= 0.6 is 0 Å². The molecular formula is C8H12O2. The summed E-state index contributed by atoms with van der Waals surface area (Å²) in [6, 6.07) is 0. The lowest BCUT2D eigenvalue weighted by atomic mass is 9.91. The van der Waals surface area contributed by atoms with Crippen LogP contribution in [0.25, 0.3) is 0 Å². The fourth-order valence-corrected chi connectivity index (χ4v) is 1.26. The highest BCUT2D eigenvalue weighted by molar-refractivity contribution is 5.88. The molecule has 2 fully saturated rings. The highest BCUT2D eigenvalue weighted by Gasteiger charge is 2.32. The third kappa shape index (κ3) is 0.966. The Morgan fingerprint density at radius 2 is 2.10 bits per heavy atom. The normalized spacial score (nSPS) is 33.2. The molecule has 2 saturated carbocycles. The van der Waals surface area contributed by atoms with Crippen LogP contribution in [0.15, 0.2) is 0 Å². The van der Waals surface area contributed by atoms with Crippen molar-refractivity contribution < 1.29 is 9.53 Å². The van der Waals surface area contributed by atoms with Gasteiger partial charge in [-0.05, 0) is 25.7 Å². The molecule has 0 N–H and O–H groups in total. The summed E-state index contributed by atoms with van der Waals surface area (Å²) >= 11 is 0.